The van der Waals surface area contributed by atoms with Crippen LogP contribution in [0.3, 0.4) is 0 Å². The second-order valence-electron chi connectivity index (χ2n) is 4.36. The molecule has 0 radical (unpaired) electrons. The molecule has 0 aliphatic carbocycles. The highest BCUT2D eigenvalue weighted by atomic mass is 16.1. The van der Waals surface area contributed by atoms with Gasteiger partial charge in [0, 0.05) is 17.3 Å². The molecule has 0 atom stereocenters. The molecule has 0 spiro atoms. The molecular formula is C15H15NO2. The van der Waals surface area contributed by atoms with Crippen LogP contribution in [0.15, 0.2) is 47.4 Å². The predicted octanol–water partition coefficient (Wildman–Crippen LogP) is 2.35. The maximum atomic E-state index is 12.1. The molecule has 1 heterocycles. The topological polar surface area (TPSA) is 39.1 Å². The smallest absolute Gasteiger partial charge is 0.253 e. The lowest BCUT2D eigenvalue weighted by Gasteiger charge is -2.07. The fourth-order valence-corrected chi connectivity index (χ4v) is 1.91. The molecule has 18 heavy (non-hydrogen) atoms. The summed E-state index contributed by atoms with van der Waals surface area (Å²) in [6, 6.07) is 10.9. The van der Waals surface area contributed by atoms with Crippen LogP contribution in [0.2, 0.25) is 0 Å². The Kier molecular flexibility index (Phi) is 3.42. The Morgan fingerprint density at radius 3 is 2.44 bits per heavy atom. The van der Waals surface area contributed by atoms with Crippen LogP contribution in [0.4, 0.5) is 0 Å². The molecule has 0 saturated carbocycles. The third-order valence-electron chi connectivity index (χ3n) is 2.97. The molecule has 0 N–H and O–H groups in total. The van der Waals surface area contributed by atoms with Crippen LogP contribution >= 0.6 is 0 Å². The van der Waals surface area contributed by atoms with Crippen LogP contribution in [-0.4, -0.2) is 10.4 Å². The third-order valence-corrected chi connectivity index (χ3v) is 2.97. The minimum atomic E-state index is -0.112. The molecule has 0 saturated heterocycles. The Hall–Kier alpha value is -2.16. The van der Waals surface area contributed by atoms with Crippen LogP contribution in [0.5, 0.6) is 0 Å². The summed E-state index contributed by atoms with van der Waals surface area (Å²) in [5, 5.41) is 0. The summed E-state index contributed by atoms with van der Waals surface area (Å²) in [5.41, 5.74) is 2.14. The number of pyridine rings is 1. The van der Waals surface area contributed by atoms with Crippen molar-refractivity contribution in [2.45, 2.75) is 20.4 Å². The molecule has 92 valence electrons. The maximum Gasteiger partial charge on any atom is 0.253 e. The number of carbonyl (C=O) groups excluding carboxylic acids is 1. The molecule has 0 aliphatic heterocycles. The van der Waals surface area contributed by atoms with Crippen molar-refractivity contribution < 1.29 is 4.79 Å². The van der Waals surface area contributed by atoms with Gasteiger partial charge in [0.25, 0.3) is 5.56 Å². The van der Waals surface area contributed by atoms with E-state index in [0.717, 1.165) is 5.56 Å². The molecule has 0 aliphatic rings. The fourth-order valence-electron chi connectivity index (χ4n) is 1.91. The molecule has 2 aromatic rings. The van der Waals surface area contributed by atoms with Crippen molar-refractivity contribution in [2.24, 2.45) is 0 Å². The van der Waals surface area contributed by atoms with E-state index in [1.807, 2.05) is 25.1 Å². The van der Waals surface area contributed by atoms with E-state index in [4.69, 9.17) is 0 Å². The fraction of sp³-hybridized carbons (Fsp3) is 0.200. The van der Waals surface area contributed by atoms with E-state index in [1.54, 1.807) is 31.3 Å². The van der Waals surface area contributed by atoms with Gasteiger partial charge in [-0.25, -0.2) is 0 Å². The lowest BCUT2D eigenvalue weighted by atomic mass is 10.0. The Labute approximate surface area is 106 Å². The molecule has 3 heteroatoms. The maximum absolute atomic E-state index is 12.1. The molecule has 0 bridgehead atoms. The van der Waals surface area contributed by atoms with Gasteiger partial charge in [-0.3, -0.25) is 9.59 Å². The minimum Gasteiger partial charge on any atom is -0.308 e. The van der Waals surface area contributed by atoms with E-state index >= 15 is 0 Å². The number of benzene rings is 1. The highest BCUT2D eigenvalue weighted by molar-refractivity contribution is 5.97. The van der Waals surface area contributed by atoms with Gasteiger partial charge in [-0.2, -0.15) is 0 Å². The zero-order valence-electron chi connectivity index (χ0n) is 10.5. The zero-order chi connectivity index (χ0) is 13.1. The Morgan fingerprint density at radius 2 is 1.72 bits per heavy atom. The van der Waals surface area contributed by atoms with E-state index in [1.165, 1.54) is 4.57 Å². The van der Waals surface area contributed by atoms with Crippen molar-refractivity contribution in [1.29, 1.82) is 0 Å². The van der Waals surface area contributed by atoms with Gasteiger partial charge in [-0.05, 0) is 25.5 Å². The number of aryl methyl sites for hydroxylation is 2. The van der Waals surface area contributed by atoms with Gasteiger partial charge in [0.1, 0.15) is 0 Å². The lowest BCUT2D eigenvalue weighted by molar-refractivity contribution is 0.0970. The zero-order valence-corrected chi connectivity index (χ0v) is 10.5. The summed E-state index contributed by atoms with van der Waals surface area (Å²) in [4.78, 5) is 24.0. The number of ketones is 1. The van der Waals surface area contributed by atoms with Crippen LogP contribution in [-0.2, 0) is 6.54 Å². The molecule has 0 unspecified atom stereocenters. The van der Waals surface area contributed by atoms with E-state index < -0.39 is 0 Å². The van der Waals surface area contributed by atoms with Gasteiger partial charge in [0.2, 0.25) is 0 Å². The van der Waals surface area contributed by atoms with E-state index in [2.05, 4.69) is 0 Å². The average molecular weight is 241 g/mol. The van der Waals surface area contributed by atoms with E-state index in [9.17, 15) is 9.59 Å². The summed E-state index contributed by atoms with van der Waals surface area (Å²) in [6.07, 6.45) is 1.64. The first-order valence-electron chi connectivity index (χ1n) is 5.84. The minimum absolute atomic E-state index is 0.0409. The van der Waals surface area contributed by atoms with Crippen molar-refractivity contribution in [1.82, 2.24) is 4.57 Å². The SMILES string of the molecule is Cc1ccccc1C(=O)Cn1cccc(C)c1=O. The Bertz CT molecular complexity index is 641. The van der Waals surface area contributed by atoms with Gasteiger partial charge < -0.3 is 4.57 Å². The first kappa shape index (κ1) is 12.3. The summed E-state index contributed by atoms with van der Waals surface area (Å²) in [6.45, 7) is 3.73. The van der Waals surface area contributed by atoms with E-state index in [-0.39, 0.29) is 17.9 Å². The second-order valence-corrected chi connectivity index (χ2v) is 4.36. The van der Waals surface area contributed by atoms with Crippen molar-refractivity contribution in [2.75, 3.05) is 0 Å². The average Bonchev–Trinajstić information content (AvgIpc) is 2.35. The van der Waals surface area contributed by atoms with Crippen LogP contribution in [0, 0.1) is 13.8 Å². The summed E-state index contributed by atoms with van der Waals surface area (Å²) >= 11 is 0. The van der Waals surface area contributed by atoms with Crippen molar-refractivity contribution >= 4 is 5.78 Å². The van der Waals surface area contributed by atoms with Crippen molar-refractivity contribution in [3.63, 3.8) is 0 Å². The van der Waals surface area contributed by atoms with Crippen LogP contribution < -0.4 is 5.56 Å². The highest BCUT2D eigenvalue weighted by Gasteiger charge is 2.10. The summed E-state index contributed by atoms with van der Waals surface area (Å²) in [7, 11) is 0. The number of hydrogen-bond donors (Lipinski definition) is 0. The lowest BCUT2D eigenvalue weighted by Crippen LogP contribution is -2.25. The molecule has 1 aromatic heterocycles. The quantitative estimate of drug-likeness (QED) is 0.774. The Balaban J connectivity index is 2.30. The molecule has 1 aromatic carbocycles. The molecule has 2 rings (SSSR count). The van der Waals surface area contributed by atoms with Gasteiger partial charge in [-0.1, -0.05) is 30.3 Å². The summed E-state index contributed by atoms with van der Waals surface area (Å²) in [5.74, 6) is -0.0409. The second kappa shape index (κ2) is 5.00. The van der Waals surface area contributed by atoms with Gasteiger partial charge in [0.15, 0.2) is 5.78 Å². The van der Waals surface area contributed by atoms with Crippen molar-refractivity contribution in [3.05, 3.63) is 69.6 Å². The third kappa shape index (κ3) is 2.40. The molecule has 3 nitrogen and oxygen atoms in total. The van der Waals surface area contributed by atoms with Crippen molar-refractivity contribution in [3.8, 4) is 0 Å². The molecule has 0 amide bonds. The number of rotatable bonds is 3. The normalized spacial score (nSPS) is 10.3. The standard InChI is InChI=1S/C15H15NO2/c1-11-6-3-4-8-13(11)14(17)10-16-9-5-7-12(2)15(16)18/h3-9H,10H2,1-2H3. The number of Topliss-reactive ketones (excluding diaryl/α,β-unsaturated/α-hetero) is 1. The van der Waals surface area contributed by atoms with Crippen LogP contribution in [0.25, 0.3) is 0 Å². The number of carbonyl (C=O) groups is 1. The van der Waals surface area contributed by atoms with Gasteiger partial charge in [0.05, 0.1) is 6.54 Å². The van der Waals surface area contributed by atoms with Gasteiger partial charge in [-0.15, -0.1) is 0 Å². The Morgan fingerprint density at radius 1 is 1.06 bits per heavy atom. The first-order chi connectivity index (χ1) is 8.59. The van der Waals surface area contributed by atoms with Gasteiger partial charge >= 0.3 is 0 Å². The monoisotopic (exact) mass is 241 g/mol. The number of aromatic nitrogens is 1. The summed E-state index contributed by atoms with van der Waals surface area (Å²) < 4.78 is 1.45. The largest absolute Gasteiger partial charge is 0.308 e. The predicted molar refractivity (Wildman–Crippen MR) is 70.9 cm³/mol. The molecular weight excluding hydrogens is 226 g/mol. The highest BCUT2D eigenvalue weighted by Crippen LogP contribution is 2.08. The first-order valence-corrected chi connectivity index (χ1v) is 5.84. The van der Waals surface area contributed by atoms with E-state index in [0.29, 0.717) is 11.1 Å². The number of hydrogen-bond acceptors (Lipinski definition) is 2. The van der Waals surface area contributed by atoms with Crippen LogP contribution in [0.1, 0.15) is 21.5 Å². The number of nitrogens with zero attached hydrogens (tertiary/aromatic N) is 1. The molecule has 0 fully saturated rings.